The highest BCUT2D eigenvalue weighted by molar-refractivity contribution is 5.18. The average Bonchev–Trinajstić information content (AvgIpc) is 2.30. The third kappa shape index (κ3) is 5.56. The molecule has 0 aliphatic carbocycles. The molecule has 0 atom stereocenters. The Bertz CT molecular complexity index is 355. The Labute approximate surface area is 100 Å². The maximum atomic E-state index is 13.2. The summed E-state index contributed by atoms with van der Waals surface area (Å²) in [6, 6.07) is 3.58. The highest BCUT2D eigenvalue weighted by Gasteiger charge is 2.02. The van der Waals surface area contributed by atoms with Gasteiger partial charge in [-0.25, -0.2) is 8.78 Å². The molecular formula is C13H17F2NO. The van der Waals surface area contributed by atoms with Crippen molar-refractivity contribution >= 4 is 0 Å². The van der Waals surface area contributed by atoms with Crippen molar-refractivity contribution in [3.63, 3.8) is 0 Å². The summed E-state index contributed by atoms with van der Waals surface area (Å²) in [6.07, 6.45) is 2.62. The van der Waals surface area contributed by atoms with Crippen LogP contribution in [0.15, 0.2) is 30.9 Å². The molecule has 1 rings (SSSR count). The molecule has 17 heavy (non-hydrogen) atoms. The maximum absolute atomic E-state index is 13.2. The normalized spacial score (nSPS) is 10.5. The Morgan fingerprint density at radius 1 is 1.29 bits per heavy atom. The Hall–Kier alpha value is -1.26. The van der Waals surface area contributed by atoms with E-state index < -0.39 is 11.6 Å². The van der Waals surface area contributed by atoms with E-state index in [2.05, 4.69) is 11.9 Å². The summed E-state index contributed by atoms with van der Waals surface area (Å²) in [5.41, 5.74) is 0.456. The number of ether oxygens (including phenoxy) is 1. The quantitative estimate of drug-likeness (QED) is 0.558. The van der Waals surface area contributed by atoms with Gasteiger partial charge in [0, 0.05) is 24.7 Å². The fourth-order valence-corrected chi connectivity index (χ4v) is 1.30. The standard InChI is InChI=1S/C13H17F2NO/c1-2-3-7-17-8-6-16-10-11-4-5-12(14)9-13(11)15/h2,4-5,9,16H,1,3,6-8,10H2. The molecule has 0 heterocycles. The van der Waals surface area contributed by atoms with Gasteiger partial charge in [0.2, 0.25) is 0 Å². The SMILES string of the molecule is C=CCCOCCNCc1ccc(F)cc1F. The lowest BCUT2D eigenvalue weighted by Gasteiger charge is -2.06. The minimum Gasteiger partial charge on any atom is -0.380 e. The second kappa shape index (κ2) is 7.92. The maximum Gasteiger partial charge on any atom is 0.130 e. The molecular weight excluding hydrogens is 224 g/mol. The van der Waals surface area contributed by atoms with E-state index in [0.29, 0.717) is 31.9 Å². The van der Waals surface area contributed by atoms with E-state index in [9.17, 15) is 8.78 Å². The van der Waals surface area contributed by atoms with Gasteiger partial charge in [-0.1, -0.05) is 12.1 Å². The lowest BCUT2D eigenvalue weighted by molar-refractivity contribution is 0.140. The summed E-state index contributed by atoms with van der Waals surface area (Å²) >= 11 is 0. The largest absolute Gasteiger partial charge is 0.380 e. The molecule has 0 aliphatic rings. The molecule has 0 aliphatic heterocycles. The van der Waals surface area contributed by atoms with Crippen molar-refractivity contribution in [3.05, 3.63) is 48.1 Å². The highest BCUT2D eigenvalue weighted by atomic mass is 19.1. The fraction of sp³-hybridized carbons (Fsp3) is 0.385. The fourth-order valence-electron chi connectivity index (χ4n) is 1.30. The number of rotatable bonds is 8. The van der Waals surface area contributed by atoms with Crippen LogP contribution in [0.25, 0.3) is 0 Å². The van der Waals surface area contributed by atoms with Gasteiger partial charge in [-0.3, -0.25) is 0 Å². The predicted octanol–water partition coefficient (Wildman–Crippen LogP) is 2.65. The first-order valence-electron chi connectivity index (χ1n) is 5.57. The van der Waals surface area contributed by atoms with Gasteiger partial charge < -0.3 is 10.1 Å². The molecule has 0 saturated heterocycles. The van der Waals surface area contributed by atoms with Crippen LogP contribution in [0, 0.1) is 11.6 Å². The predicted molar refractivity (Wildman–Crippen MR) is 63.7 cm³/mol. The van der Waals surface area contributed by atoms with Crippen molar-refractivity contribution in [1.82, 2.24) is 5.32 Å². The molecule has 0 saturated carbocycles. The second-order valence-electron chi connectivity index (χ2n) is 3.60. The van der Waals surface area contributed by atoms with Gasteiger partial charge in [0.15, 0.2) is 0 Å². The van der Waals surface area contributed by atoms with Crippen molar-refractivity contribution in [3.8, 4) is 0 Å². The smallest absolute Gasteiger partial charge is 0.130 e. The molecule has 0 spiro atoms. The molecule has 4 heteroatoms. The van der Waals surface area contributed by atoms with Crippen molar-refractivity contribution in [2.45, 2.75) is 13.0 Å². The summed E-state index contributed by atoms with van der Waals surface area (Å²) in [6.45, 7) is 5.80. The topological polar surface area (TPSA) is 21.3 Å². The minimum absolute atomic E-state index is 0.372. The molecule has 1 aromatic rings. The molecule has 0 bridgehead atoms. The van der Waals surface area contributed by atoms with Crippen LogP contribution in [-0.4, -0.2) is 19.8 Å². The van der Waals surface area contributed by atoms with Crippen LogP contribution in [0.3, 0.4) is 0 Å². The van der Waals surface area contributed by atoms with Crippen LogP contribution >= 0.6 is 0 Å². The van der Waals surface area contributed by atoms with Gasteiger partial charge in [0.1, 0.15) is 11.6 Å². The van der Waals surface area contributed by atoms with Gasteiger partial charge in [0.05, 0.1) is 13.2 Å². The third-order valence-electron chi connectivity index (χ3n) is 2.22. The van der Waals surface area contributed by atoms with Crippen LogP contribution in [-0.2, 0) is 11.3 Å². The average molecular weight is 241 g/mol. The van der Waals surface area contributed by atoms with Gasteiger partial charge in [-0.2, -0.15) is 0 Å². The molecule has 0 radical (unpaired) electrons. The van der Waals surface area contributed by atoms with E-state index in [4.69, 9.17) is 4.74 Å². The number of benzene rings is 1. The summed E-state index contributed by atoms with van der Waals surface area (Å²) in [5.74, 6) is -1.08. The number of halogens is 2. The third-order valence-corrected chi connectivity index (χ3v) is 2.22. The van der Waals surface area contributed by atoms with Crippen LogP contribution < -0.4 is 5.32 Å². The van der Waals surface area contributed by atoms with E-state index in [-0.39, 0.29) is 0 Å². The van der Waals surface area contributed by atoms with E-state index >= 15 is 0 Å². The van der Waals surface area contributed by atoms with Gasteiger partial charge in [0.25, 0.3) is 0 Å². The lowest BCUT2D eigenvalue weighted by Crippen LogP contribution is -2.20. The van der Waals surface area contributed by atoms with Gasteiger partial charge >= 0.3 is 0 Å². The molecule has 0 fully saturated rings. The summed E-state index contributed by atoms with van der Waals surface area (Å²) < 4.78 is 31.1. The molecule has 94 valence electrons. The first-order chi connectivity index (χ1) is 8.24. The van der Waals surface area contributed by atoms with Crippen LogP contribution in [0.1, 0.15) is 12.0 Å². The lowest BCUT2D eigenvalue weighted by atomic mass is 10.2. The summed E-state index contributed by atoms with van der Waals surface area (Å²) in [4.78, 5) is 0. The minimum atomic E-state index is -0.556. The Morgan fingerprint density at radius 2 is 2.12 bits per heavy atom. The zero-order valence-corrected chi connectivity index (χ0v) is 9.72. The van der Waals surface area contributed by atoms with E-state index in [0.717, 1.165) is 12.5 Å². The second-order valence-corrected chi connectivity index (χ2v) is 3.60. The summed E-state index contributed by atoms with van der Waals surface area (Å²) in [7, 11) is 0. The van der Waals surface area contributed by atoms with Crippen molar-refractivity contribution < 1.29 is 13.5 Å². The number of hydrogen-bond acceptors (Lipinski definition) is 2. The molecule has 0 amide bonds. The van der Waals surface area contributed by atoms with Crippen LogP contribution in [0.5, 0.6) is 0 Å². The van der Waals surface area contributed by atoms with Crippen LogP contribution in [0.4, 0.5) is 8.78 Å². The van der Waals surface area contributed by atoms with Crippen LogP contribution in [0.2, 0.25) is 0 Å². The number of nitrogens with one attached hydrogen (secondary N) is 1. The molecule has 1 N–H and O–H groups in total. The van der Waals surface area contributed by atoms with E-state index in [1.807, 2.05) is 0 Å². The molecule has 0 aromatic heterocycles. The zero-order valence-electron chi connectivity index (χ0n) is 9.72. The van der Waals surface area contributed by atoms with E-state index in [1.54, 1.807) is 6.08 Å². The zero-order chi connectivity index (χ0) is 12.5. The van der Waals surface area contributed by atoms with Crippen molar-refractivity contribution in [1.29, 1.82) is 0 Å². The number of hydrogen-bond donors (Lipinski definition) is 1. The van der Waals surface area contributed by atoms with E-state index in [1.165, 1.54) is 12.1 Å². The Morgan fingerprint density at radius 3 is 2.82 bits per heavy atom. The van der Waals surface area contributed by atoms with Gasteiger partial charge in [-0.05, 0) is 12.5 Å². The van der Waals surface area contributed by atoms with Crippen molar-refractivity contribution in [2.24, 2.45) is 0 Å². The Kier molecular flexibility index (Phi) is 6.43. The molecule has 0 unspecified atom stereocenters. The monoisotopic (exact) mass is 241 g/mol. The molecule has 2 nitrogen and oxygen atoms in total. The Balaban J connectivity index is 2.15. The molecule has 1 aromatic carbocycles. The first kappa shape index (κ1) is 13.8. The highest BCUT2D eigenvalue weighted by Crippen LogP contribution is 2.08. The first-order valence-corrected chi connectivity index (χ1v) is 5.57. The summed E-state index contributed by atoms with van der Waals surface area (Å²) in [5, 5.41) is 3.03. The van der Waals surface area contributed by atoms with Crippen molar-refractivity contribution in [2.75, 3.05) is 19.8 Å². The van der Waals surface area contributed by atoms with Gasteiger partial charge in [-0.15, -0.1) is 6.58 Å².